The topological polar surface area (TPSA) is 47.0 Å². The van der Waals surface area contributed by atoms with Crippen LogP contribution in [0.3, 0.4) is 0 Å². The second-order valence-electron chi connectivity index (χ2n) is 4.96. The molecule has 1 aromatic heterocycles. The van der Waals surface area contributed by atoms with Gasteiger partial charge in [0.2, 0.25) is 0 Å². The van der Waals surface area contributed by atoms with Gasteiger partial charge in [-0.3, -0.25) is 0 Å². The molecule has 0 amide bonds. The van der Waals surface area contributed by atoms with E-state index in [-0.39, 0.29) is 0 Å². The Kier molecular flexibility index (Phi) is 3.34. The standard InChI is InChI=1S/C13H19N3O/c1-2-10(7-14-4-1)6-13-11-8-17-5-3-12(11)15-9-16-13/h9-10,14H,1-8H2. The van der Waals surface area contributed by atoms with Crippen molar-refractivity contribution in [3.05, 3.63) is 23.3 Å². The minimum absolute atomic E-state index is 0.700. The lowest BCUT2D eigenvalue weighted by Crippen LogP contribution is -2.31. The van der Waals surface area contributed by atoms with Crippen molar-refractivity contribution in [2.24, 2.45) is 5.92 Å². The molecule has 1 saturated heterocycles. The van der Waals surface area contributed by atoms with Crippen LogP contribution in [0.5, 0.6) is 0 Å². The average Bonchev–Trinajstić information content (AvgIpc) is 2.40. The highest BCUT2D eigenvalue weighted by molar-refractivity contribution is 5.26. The van der Waals surface area contributed by atoms with E-state index in [1.807, 2.05) is 0 Å². The van der Waals surface area contributed by atoms with Gasteiger partial charge in [-0.1, -0.05) is 0 Å². The van der Waals surface area contributed by atoms with E-state index in [4.69, 9.17) is 4.74 Å². The first-order chi connectivity index (χ1) is 8.43. The van der Waals surface area contributed by atoms with Crippen LogP contribution in [0, 0.1) is 5.92 Å². The minimum Gasteiger partial charge on any atom is -0.376 e. The molecule has 0 radical (unpaired) electrons. The number of nitrogens with zero attached hydrogens (tertiary/aromatic N) is 2. The molecule has 1 unspecified atom stereocenters. The first kappa shape index (κ1) is 11.1. The summed E-state index contributed by atoms with van der Waals surface area (Å²) in [4.78, 5) is 8.83. The molecule has 0 bridgehead atoms. The summed E-state index contributed by atoms with van der Waals surface area (Å²) >= 11 is 0. The van der Waals surface area contributed by atoms with Gasteiger partial charge in [-0.15, -0.1) is 0 Å². The molecule has 0 aromatic carbocycles. The highest BCUT2D eigenvalue weighted by atomic mass is 16.5. The molecule has 3 rings (SSSR count). The Bertz CT molecular complexity index is 388. The fraction of sp³-hybridized carbons (Fsp3) is 0.692. The molecule has 1 fully saturated rings. The number of aromatic nitrogens is 2. The number of rotatable bonds is 2. The Morgan fingerprint density at radius 3 is 3.29 bits per heavy atom. The Morgan fingerprint density at radius 1 is 1.41 bits per heavy atom. The van der Waals surface area contributed by atoms with E-state index < -0.39 is 0 Å². The summed E-state index contributed by atoms with van der Waals surface area (Å²) in [6.45, 7) is 3.79. The number of fused-ring (bicyclic) bond motifs is 1. The van der Waals surface area contributed by atoms with Gasteiger partial charge >= 0.3 is 0 Å². The van der Waals surface area contributed by atoms with E-state index in [1.165, 1.54) is 36.3 Å². The Labute approximate surface area is 102 Å². The van der Waals surface area contributed by atoms with Gasteiger partial charge in [-0.25, -0.2) is 9.97 Å². The molecule has 1 N–H and O–H groups in total. The zero-order valence-electron chi connectivity index (χ0n) is 10.1. The van der Waals surface area contributed by atoms with Crippen molar-refractivity contribution in [3.63, 3.8) is 0 Å². The Morgan fingerprint density at radius 2 is 2.41 bits per heavy atom. The van der Waals surface area contributed by atoms with Crippen molar-refractivity contribution < 1.29 is 4.74 Å². The Balaban J connectivity index is 1.77. The largest absolute Gasteiger partial charge is 0.376 e. The first-order valence-electron chi connectivity index (χ1n) is 6.53. The van der Waals surface area contributed by atoms with Gasteiger partial charge in [0.1, 0.15) is 6.33 Å². The van der Waals surface area contributed by atoms with Gasteiger partial charge in [0.05, 0.1) is 18.9 Å². The molecular weight excluding hydrogens is 214 g/mol. The predicted octanol–water partition coefficient (Wildman–Crippen LogP) is 1.09. The van der Waals surface area contributed by atoms with Gasteiger partial charge in [-0.05, 0) is 38.3 Å². The first-order valence-corrected chi connectivity index (χ1v) is 6.53. The molecule has 3 heterocycles. The third-order valence-corrected chi connectivity index (χ3v) is 3.73. The smallest absolute Gasteiger partial charge is 0.115 e. The van der Waals surface area contributed by atoms with Crippen LogP contribution in [-0.2, 0) is 24.2 Å². The van der Waals surface area contributed by atoms with Crippen molar-refractivity contribution in [1.29, 1.82) is 0 Å². The van der Waals surface area contributed by atoms with Crippen LogP contribution in [0.2, 0.25) is 0 Å². The summed E-state index contributed by atoms with van der Waals surface area (Å²) in [7, 11) is 0. The maximum absolute atomic E-state index is 5.53. The number of ether oxygens (including phenoxy) is 1. The fourth-order valence-corrected chi connectivity index (χ4v) is 2.76. The zero-order chi connectivity index (χ0) is 11.5. The van der Waals surface area contributed by atoms with Crippen molar-refractivity contribution in [3.8, 4) is 0 Å². The Hall–Kier alpha value is -1.00. The van der Waals surface area contributed by atoms with Crippen molar-refractivity contribution in [2.75, 3.05) is 19.7 Å². The van der Waals surface area contributed by atoms with E-state index in [0.29, 0.717) is 6.61 Å². The number of hydrogen-bond acceptors (Lipinski definition) is 4. The lowest BCUT2D eigenvalue weighted by Gasteiger charge is -2.24. The lowest BCUT2D eigenvalue weighted by molar-refractivity contribution is 0.107. The molecule has 92 valence electrons. The molecule has 0 aliphatic carbocycles. The van der Waals surface area contributed by atoms with Gasteiger partial charge < -0.3 is 10.1 Å². The van der Waals surface area contributed by atoms with E-state index >= 15 is 0 Å². The average molecular weight is 233 g/mol. The number of piperidine rings is 1. The molecule has 1 aromatic rings. The van der Waals surface area contributed by atoms with Crippen LogP contribution in [0.4, 0.5) is 0 Å². The normalized spacial score (nSPS) is 24.4. The summed E-state index contributed by atoms with van der Waals surface area (Å²) in [5, 5.41) is 3.46. The van der Waals surface area contributed by atoms with Crippen molar-refractivity contribution >= 4 is 0 Å². The molecule has 0 saturated carbocycles. The van der Waals surface area contributed by atoms with E-state index in [1.54, 1.807) is 6.33 Å². The molecule has 2 aliphatic rings. The summed E-state index contributed by atoms with van der Waals surface area (Å²) in [6, 6.07) is 0. The number of nitrogens with one attached hydrogen (secondary N) is 1. The number of hydrogen-bond donors (Lipinski definition) is 1. The summed E-state index contributed by atoms with van der Waals surface area (Å²) in [5.41, 5.74) is 3.66. The zero-order valence-corrected chi connectivity index (χ0v) is 10.1. The SMILES string of the molecule is c1nc2c(c(CC3CCCNC3)n1)COCC2. The van der Waals surface area contributed by atoms with Crippen molar-refractivity contribution in [2.45, 2.75) is 32.3 Å². The van der Waals surface area contributed by atoms with Crippen LogP contribution >= 0.6 is 0 Å². The summed E-state index contributed by atoms with van der Waals surface area (Å²) in [6.07, 6.45) is 6.33. The molecule has 2 aliphatic heterocycles. The third kappa shape index (κ3) is 2.48. The highest BCUT2D eigenvalue weighted by Gasteiger charge is 2.20. The van der Waals surface area contributed by atoms with Crippen LogP contribution in [0.1, 0.15) is 29.8 Å². The molecule has 0 spiro atoms. The second-order valence-corrected chi connectivity index (χ2v) is 4.96. The summed E-state index contributed by atoms with van der Waals surface area (Å²) < 4.78 is 5.53. The summed E-state index contributed by atoms with van der Waals surface area (Å²) in [5.74, 6) is 0.727. The van der Waals surface area contributed by atoms with Crippen LogP contribution < -0.4 is 5.32 Å². The monoisotopic (exact) mass is 233 g/mol. The van der Waals surface area contributed by atoms with E-state index in [0.717, 1.165) is 31.9 Å². The van der Waals surface area contributed by atoms with Crippen LogP contribution in [0.15, 0.2) is 6.33 Å². The van der Waals surface area contributed by atoms with E-state index in [9.17, 15) is 0 Å². The van der Waals surface area contributed by atoms with Gasteiger partial charge in [-0.2, -0.15) is 0 Å². The molecule has 4 heteroatoms. The predicted molar refractivity (Wildman–Crippen MR) is 64.7 cm³/mol. The molecule has 17 heavy (non-hydrogen) atoms. The highest BCUT2D eigenvalue weighted by Crippen LogP contribution is 2.22. The second kappa shape index (κ2) is 5.10. The van der Waals surface area contributed by atoms with Gasteiger partial charge in [0, 0.05) is 17.7 Å². The third-order valence-electron chi connectivity index (χ3n) is 3.73. The van der Waals surface area contributed by atoms with Gasteiger partial charge in [0.15, 0.2) is 0 Å². The maximum atomic E-state index is 5.53. The minimum atomic E-state index is 0.700. The fourth-order valence-electron chi connectivity index (χ4n) is 2.76. The van der Waals surface area contributed by atoms with Gasteiger partial charge in [0.25, 0.3) is 0 Å². The van der Waals surface area contributed by atoms with E-state index in [2.05, 4.69) is 15.3 Å². The molecule has 1 atom stereocenters. The molecule has 4 nitrogen and oxygen atoms in total. The van der Waals surface area contributed by atoms with Crippen LogP contribution in [-0.4, -0.2) is 29.7 Å². The lowest BCUT2D eigenvalue weighted by atomic mass is 9.92. The maximum Gasteiger partial charge on any atom is 0.115 e. The van der Waals surface area contributed by atoms with Crippen molar-refractivity contribution in [1.82, 2.24) is 15.3 Å². The molecular formula is C13H19N3O. The quantitative estimate of drug-likeness (QED) is 0.830. The van der Waals surface area contributed by atoms with Crippen LogP contribution in [0.25, 0.3) is 0 Å².